The highest BCUT2D eigenvalue weighted by atomic mass is 35.5. The largest absolute Gasteiger partial charge is 0.476 e. The molecule has 1 saturated carbocycles. The van der Waals surface area contributed by atoms with Crippen LogP contribution in [0.25, 0.3) is 0 Å². The van der Waals surface area contributed by atoms with Crippen molar-refractivity contribution in [3.05, 3.63) is 40.8 Å². The van der Waals surface area contributed by atoms with Crippen molar-refractivity contribution >= 4 is 35.1 Å². The monoisotopic (exact) mass is 673 g/mol. The molecule has 18 nitrogen and oxygen atoms in total. The number of rotatable bonds is 11. The number of ether oxygens (including phenoxy) is 2. The number of piperidine rings is 1. The highest BCUT2D eigenvalue weighted by Crippen LogP contribution is 2.38. The molecule has 2 amide bonds. The van der Waals surface area contributed by atoms with Gasteiger partial charge in [0, 0.05) is 31.6 Å². The Labute approximate surface area is 276 Å². The number of esters is 1. The number of hydrogen-bond acceptors (Lipinski definition) is 14. The summed E-state index contributed by atoms with van der Waals surface area (Å²) in [5, 5.41) is 24.1. The first kappa shape index (κ1) is 34.0. The van der Waals surface area contributed by atoms with Crippen LogP contribution in [0.4, 0.5) is 0 Å². The molecule has 3 heterocycles. The summed E-state index contributed by atoms with van der Waals surface area (Å²) in [4.78, 5) is 44.6. The summed E-state index contributed by atoms with van der Waals surface area (Å²) in [6, 6.07) is 7.50. The molecule has 2 unspecified atom stereocenters. The highest BCUT2D eigenvalue weighted by molar-refractivity contribution is 6.43. The Morgan fingerprint density at radius 1 is 1.13 bits per heavy atom. The number of hydrogen-bond donors (Lipinski definition) is 6. The Balaban J connectivity index is 1.10. The Hall–Kier alpha value is -4.39. The first-order valence-corrected chi connectivity index (χ1v) is 15.8. The van der Waals surface area contributed by atoms with Crippen molar-refractivity contribution in [2.75, 3.05) is 26.2 Å². The SMILES string of the molecule is CCOC(=O)C1(Oc2ccc(CCC(=O)N3CCC4(CC3)CN(N)C(NC(=O)C3=NC(Cl)=C(N=NN)NC3N=NN)N4)cc2)CCC1. The second-order valence-electron chi connectivity index (χ2n) is 11.8. The standard InChI is InChI=1S/C28H40ClN13O5/c1-2-46-25(45)28(10-3-11-28)47-18-7-4-17(5-8-18)6-9-19(43)41-14-12-27(13-15-41)16-42(32)26(36-27)35-24(44)20-22(37-39-30)34-23(38-40-31)21(29)33-20/h4-5,7-8,22,26,34,36H,2-3,6,9-16,32H2,1H3,(H2,30,37)(H2,31,38)(H,35,44). The quantitative estimate of drug-likeness (QED) is 0.0617. The Morgan fingerprint density at radius 2 is 1.85 bits per heavy atom. The van der Waals surface area contributed by atoms with Crippen molar-refractivity contribution in [3.63, 3.8) is 0 Å². The van der Waals surface area contributed by atoms with Gasteiger partial charge < -0.3 is 36.7 Å². The molecule has 1 spiro atoms. The number of nitrogens with one attached hydrogen (secondary N) is 3. The molecule has 9 N–H and O–H groups in total. The maximum Gasteiger partial charge on any atom is 0.350 e. The van der Waals surface area contributed by atoms with Gasteiger partial charge in [0.15, 0.2) is 22.9 Å². The first-order chi connectivity index (χ1) is 22.6. The molecule has 0 bridgehead atoms. The zero-order valence-electron chi connectivity index (χ0n) is 26.0. The van der Waals surface area contributed by atoms with Crippen LogP contribution in [0.2, 0.25) is 0 Å². The lowest BCUT2D eigenvalue weighted by molar-refractivity contribution is -0.169. The second-order valence-corrected chi connectivity index (χ2v) is 12.2. The van der Waals surface area contributed by atoms with Crippen LogP contribution >= 0.6 is 11.6 Å². The van der Waals surface area contributed by atoms with E-state index in [-0.39, 0.29) is 28.6 Å². The van der Waals surface area contributed by atoms with Crippen molar-refractivity contribution in [2.24, 2.45) is 43.2 Å². The second kappa shape index (κ2) is 14.6. The van der Waals surface area contributed by atoms with Gasteiger partial charge in [0.05, 0.1) is 6.61 Å². The van der Waals surface area contributed by atoms with Crippen LogP contribution in [0.1, 0.15) is 51.0 Å². The molecule has 1 aliphatic carbocycles. The van der Waals surface area contributed by atoms with Gasteiger partial charge in [-0.15, -0.1) is 10.2 Å². The van der Waals surface area contributed by atoms with Gasteiger partial charge in [-0.05, 0) is 63.1 Å². The van der Waals surface area contributed by atoms with E-state index in [4.69, 9.17) is 38.6 Å². The lowest BCUT2D eigenvalue weighted by Crippen LogP contribution is -2.59. The topological polar surface area (TPSA) is 252 Å². The molecule has 1 aromatic carbocycles. The number of nitrogens with zero attached hydrogens (tertiary/aromatic N) is 7. The summed E-state index contributed by atoms with van der Waals surface area (Å²) in [5.74, 6) is 16.3. The molecule has 47 heavy (non-hydrogen) atoms. The molecule has 0 aromatic heterocycles. The molecule has 19 heteroatoms. The number of carbonyl (C=O) groups excluding carboxylic acids is 3. The average Bonchev–Trinajstić information content (AvgIpc) is 3.33. The van der Waals surface area contributed by atoms with E-state index in [0.29, 0.717) is 70.5 Å². The van der Waals surface area contributed by atoms with Crippen LogP contribution in [-0.4, -0.2) is 83.2 Å². The molecule has 254 valence electrons. The van der Waals surface area contributed by atoms with E-state index >= 15 is 0 Å². The van der Waals surface area contributed by atoms with Gasteiger partial charge in [-0.2, -0.15) is 0 Å². The van der Waals surface area contributed by atoms with Crippen LogP contribution in [0, 0.1) is 0 Å². The predicted molar refractivity (Wildman–Crippen MR) is 168 cm³/mol. The maximum absolute atomic E-state index is 13.2. The third-order valence-corrected chi connectivity index (χ3v) is 9.06. The van der Waals surface area contributed by atoms with Crippen molar-refractivity contribution in [1.82, 2.24) is 25.9 Å². The first-order valence-electron chi connectivity index (χ1n) is 15.4. The van der Waals surface area contributed by atoms with E-state index in [1.165, 1.54) is 5.01 Å². The van der Waals surface area contributed by atoms with E-state index < -0.39 is 29.5 Å². The van der Waals surface area contributed by atoms with Crippen molar-refractivity contribution in [2.45, 2.75) is 75.5 Å². The van der Waals surface area contributed by atoms with Gasteiger partial charge in [-0.1, -0.05) is 34.2 Å². The fraction of sp³-hybridized carbons (Fsp3) is 0.571. The summed E-state index contributed by atoms with van der Waals surface area (Å²) < 4.78 is 11.2. The van der Waals surface area contributed by atoms with Crippen LogP contribution in [0.15, 0.2) is 60.9 Å². The van der Waals surface area contributed by atoms with Gasteiger partial charge in [0.25, 0.3) is 5.91 Å². The Kier molecular flexibility index (Phi) is 10.5. The van der Waals surface area contributed by atoms with Gasteiger partial charge in [-0.25, -0.2) is 14.8 Å². The fourth-order valence-corrected chi connectivity index (χ4v) is 6.24. The third-order valence-electron chi connectivity index (χ3n) is 8.79. The summed E-state index contributed by atoms with van der Waals surface area (Å²) in [5.41, 5.74) is -0.414. The number of benzene rings is 1. The number of likely N-dealkylation sites (tertiary alicyclic amines) is 1. The summed E-state index contributed by atoms with van der Waals surface area (Å²) >= 11 is 6.11. The number of amides is 2. The smallest absolute Gasteiger partial charge is 0.350 e. The molecule has 5 rings (SSSR count). The lowest BCUT2D eigenvalue weighted by Gasteiger charge is -2.39. The van der Waals surface area contributed by atoms with Crippen LogP contribution in [0.5, 0.6) is 5.75 Å². The van der Waals surface area contributed by atoms with Crippen LogP contribution in [0.3, 0.4) is 0 Å². The number of hydrazine groups is 1. The zero-order valence-corrected chi connectivity index (χ0v) is 26.8. The summed E-state index contributed by atoms with van der Waals surface area (Å²) in [6.45, 7) is 3.62. The summed E-state index contributed by atoms with van der Waals surface area (Å²) in [7, 11) is 0. The van der Waals surface area contributed by atoms with Crippen LogP contribution < -0.4 is 38.2 Å². The van der Waals surface area contributed by atoms with Gasteiger partial charge in [-0.3, -0.25) is 20.7 Å². The molecule has 0 radical (unpaired) electrons. The van der Waals surface area contributed by atoms with Crippen molar-refractivity contribution in [3.8, 4) is 5.75 Å². The maximum atomic E-state index is 13.2. The van der Waals surface area contributed by atoms with Crippen molar-refractivity contribution < 1.29 is 23.9 Å². The lowest BCUT2D eigenvalue weighted by atomic mass is 9.80. The van der Waals surface area contributed by atoms with E-state index in [1.807, 2.05) is 29.2 Å². The van der Waals surface area contributed by atoms with E-state index in [0.717, 1.165) is 12.0 Å². The van der Waals surface area contributed by atoms with Crippen molar-refractivity contribution in [1.29, 1.82) is 0 Å². The van der Waals surface area contributed by atoms with Crippen LogP contribution in [-0.2, 0) is 25.5 Å². The van der Waals surface area contributed by atoms with E-state index in [1.54, 1.807) is 6.92 Å². The Bertz CT molecular complexity index is 1450. The molecular formula is C28H40ClN13O5. The molecule has 1 aromatic rings. The van der Waals surface area contributed by atoms with E-state index in [2.05, 4.69) is 41.6 Å². The molecule has 2 saturated heterocycles. The number of aliphatic imine (C=N–C) groups is 1. The third kappa shape index (κ3) is 7.61. The van der Waals surface area contributed by atoms with E-state index in [9.17, 15) is 14.4 Å². The zero-order chi connectivity index (χ0) is 33.6. The Morgan fingerprint density at radius 3 is 2.47 bits per heavy atom. The fourth-order valence-electron chi connectivity index (χ4n) is 6.06. The highest BCUT2D eigenvalue weighted by Gasteiger charge is 2.48. The number of aryl methyl sites for hydroxylation is 1. The number of nitrogens with two attached hydrogens (primary N) is 3. The molecule has 2 atom stereocenters. The number of carbonyl (C=O) groups is 3. The minimum Gasteiger partial charge on any atom is -0.476 e. The number of halogens is 1. The van der Waals surface area contributed by atoms with Gasteiger partial charge in [0.2, 0.25) is 11.5 Å². The normalized spacial score (nSPS) is 23.8. The molecular weight excluding hydrogens is 634 g/mol. The molecule has 3 aliphatic heterocycles. The predicted octanol–water partition coefficient (Wildman–Crippen LogP) is 0.411. The van der Waals surface area contributed by atoms with Gasteiger partial charge >= 0.3 is 5.97 Å². The van der Waals surface area contributed by atoms with Gasteiger partial charge in [0.1, 0.15) is 12.0 Å². The average molecular weight is 674 g/mol. The summed E-state index contributed by atoms with van der Waals surface area (Å²) in [6.07, 6.45) is 2.61. The molecule has 3 fully saturated rings. The molecule has 4 aliphatic rings. The minimum absolute atomic E-state index is 0.000144. The minimum atomic E-state index is -1.08.